The van der Waals surface area contributed by atoms with Gasteiger partial charge in [0.25, 0.3) is 5.91 Å². The molecular formula is C16H9ClF2N2OS. The van der Waals surface area contributed by atoms with Gasteiger partial charge in [-0.15, -0.1) is 11.3 Å². The molecule has 0 bridgehead atoms. The number of hydrogen-bond acceptors (Lipinski definition) is 3. The Morgan fingerprint density at radius 1 is 1.13 bits per heavy atom. The molecule has 0 unspecified atom stereocenters. The second-order valence-electron chi connectivity index (χ2n) is 4.62. The van der Waals surface area contributed by atoms with Crippen LogP contribution in [0.4, 0.5) is 14.5 Å². The molecule has 0 atom stereocenters. The highest BCUT2D eigenvalue weighted by molar-refractivity contribution is 7.13. The summed E-state index contributed by atoms with van der Waals surface area (Å²) in [5.74, 6) is -2.11. The quantitative estimate of drug-likeness (QED) is 0.722. The van der Waals surface area contributed by atoms with Crippen LogP contribution in [0.5, 0.6) is 0 Å². The molecule has 0 radical (unpaired) electrons. The second kappa shape index (κ2) is 6.44. The molecule has 2 aromatic carbocycles. The van der Waals surface area contributed by atoms with E-state index in [9.17, 15) is 13.6 Å². The zero-order chi connectivity index (χ0) is 16.4. The van der Waals surface area contributed by atoms with Crippen LogP contribution in [0.1, 0.15) is 10.5 Å². The summed E-state index contributed by atoms with van der Waals surface area (Å²) in [6.07, 6.45) is 0. The SMILES string of the molecule is O=C(Nc1ccc(F)cc1F)c1csc(-c2ccc(Cl)cc2)n1. The van der Waals surface area contributed by atoms with Gasteiger partial charge < -0.3 is 5.32 Å². The van der Waals surface area contributed by atoms with Crippen molar-refractivity contribution in [3.05, 3.63) is 70.2 Å². The molecule has 3 aromatic rings. The summed E-state index contributed by atoms with van der Waals surface area (Å²) >= 11 is 7.11. The minimum absolute atomic E-state index is 0.0996. The maximum absolute atomic E-state index is 13.5. The molecule has 0 aliphatic heterocycles. The van der Waals surface area contributed by atoms with Crippen LogP contribution in [-0.2, 0) is 0 Å². The van der Waals surface area contributed by atoms with Gasteiger partial charge in [-0.1, -0.05) is 23.7 Å². The van der Waals surface area contributed by atoms with Crippen LogP contribution in [0, 0.1) is 11.6 Å². The number of halogens is 3. The van der Waals surface area contributed by atoms with Gasteiger partial charge in [-0.2, -0.15) is 0 Å². The highest BCUT2D eigenvalue weighted by Gasteiger charge is 2.14. The number of amides is 1. The molecule has 3 nitrogen and oxygen atoms in total. The fraction of sp³-hybridized carbons (Fsp3) is 0. The highest BCUT2D eigenvalue weighted by Crippen LogP contribution is 2.25. The number of carbonyl (C=O) groups excluding carboxylic acids is 1. The Morgan fingerprint density at radius 3 is 2.57 bits per heavy atom. The number of rotatable bonds is 3. The molecule has 23 heavy (non-hydrogen) atoms. The monoisotopic (exact) mass is 350 g/mol. The number of hydrogen-bond donors (Lipinski definition) is 1. The molecular weight excluding hydrogens is 342 g/mol. The zero-order valence-corrected chi connectivity index (χ0v) is 13.1. The number of nitrogens with zero attached hydrogens (tertiary/aromatic N) is 1. The third-order valence-corrected chi connectivity index (χ3v) is 4.15. The number of thiazole rings is 1. The smallest absolute Gasteiger partial charge is 0.275 e. The van der Waals surface area contributed by atoms with E-state index in [-0.39, 0.29) is 11.4 Å². The molecule has 0 aliphatic carbocycles. The largest absolute Gasteiger partial charge is 0.318 e. The maximum atomic E-state index is 13.5. The summed E-state index contributed by atoms with van der Waals surface area (Å²) in [4.78, 5) is 16.3. The van der Waals surface area contributed by atoms with E-state index in [1.54, 1.807) is 29.6 Å². The topological polar surface area (TPSA) is 42.0 Å². The van der Waals surface area contributed by atoms with Crippen molar-refractivity contribution in [2.75, 3.05) is 5.32 Å². The summed E-state index contributed by atoms with van der Waals surface area (Å²) in [7, 11) is 0. The van der Waals surface area contributed by atoms with Crippen LogP contribution in [0.2, 0.25) is 5.02 Å². The van der Waals surface area contributed by atoms with Crippen molar-refractivity contribution in [1.82, 2.24) is 4.98 Å². The zero-order valence-electron chi connectivity index (χ0n) is 11.5. The second-order valence-corrected chi connectivity index (χ2v) is 5.92. The summed E-state index contributed by atoms with van der Waals surface area (Å²) in [5.41, 5.74) is 0.882. The van der Waals surface area contributed by atoms with Crippen molar-refractivity contribution in [3.8, 4) is 10.6 Å². The van der Waals surface area contributed by atoms with Gasteiger partial charge in [0.15, 0.2) is 0 Å². The fourth-order valence-corrected chi connectivity index (χ4v) is 2.81. The summed E-state index contributed by atoms with van der Waals surface area (Å²) in [6, 6.07) is 9.98. The lowest BCUT2D eigenvalue weighted by Crippen LogP contribution is -2.13. The van der Waals surface area contributed by atoms with Crippen molar-refractivity contribution in [1.29, 1.82) is 0 Å². The van der Waals surface area contributed by atoms with Gasteiger partial charge >= 0.3 is 0 Å². The predicted molar refractivity (Wildman–Crippen MR) is 86.9 cm³/mol. The summed E-state index contributed by atoms with van der Waals surface area (Å²) < 4.78 is 26.4. The molecule has 3 rings (SSSR count). The first-order valence-corrected chi connectivity index (χ1v) is 7.76. The Labute approximate surface area is 139 Å². The number of anilines is 1. The molecule has 7 heteroatoms. The van der Waals surface area contributed by atoms with E-state index in [1.165, 1.54) is 11.3 Å². The van der Waals surface area contributed by atoms with Crippen molar-refractivity contribution in [3.63, 3.8) is 0 Å². The van der Waals surface area contributed by atoms with E-state index in [0.29, 0.717) is 16.1 Å². The van der Waals surface area contributed by atoms with E-state index < -0.39 is 17.5 Å². The molecule has 116 valence electrons. The van der Waals surface area contributed by atoms with Crippen LogP contribution in [0.25, 0.3) is 10.6 Å². The molecule has 1 heterocycles. The van der Waals surface area contributed by atoms with Crippen molar-refractivity contribution < 1.29 is 13.6 Å². The van der Waals surface area contributed by atoms with Crippen molar-refractivity contribution >= 4 is 34.5 Å². The Morgan fingerprint density at radius 2 is 1.87 bits per heavy atom. The lowest BCUT2D eigenvalue weighted by Gasteiger charge is -2.04. The lowest BCUT2D eigenvalue weighted by atomic mass is 10.2. The third-order valence-electron chi connectivity index (χ3n) is 3.01. The number of carbonyl (C=O) groups is 1. The molecule has 1 N–H and O–H groups in total. The molecule has 0 aliphatic rings. The van der Waals surface area contributed by atoms with Crippen molar-refractivity contribution in [2.24, 2.45) is 0 Å². The Kier molecular flexibility index (Phi) is 4.36. The molecule has 0 saturated heterocycles. The average molecular weight is 351 g/mol. The minimum atomic E-state index is -0.841. The third kappa shape index (κ3) is 3.55. The molecule has 0 saturated carbocycles. The average Bonchev–Trinajstić information content (AvgIpc) is 3.01. The van der Waals surface area contributed by atoms with E-state index in [2.05, 4.69) is 10.3 Å². The molecule has 0 fully saturated rings. The van der Waals surface area contributed by atoms with Crippen LogP contribution in [0.15, 0.2) is 47.8 Å². The van der Waals surface area contributed by atoms with Gasteiger partial charge in [-0.25, -0.2) is 13.8 Å². The number of benzene rings is 2. The standard InChI is InChI=1S/C16H9ClF2N2OS/c17-10-3-1-9(2-4-10)16-21-14(8-23-16)15(22)20-13-6-5-11(18)7-12(13)19/h1-8H,(H,20,22). The number of aromatic nitrogens is 1. The predicted octanol–water partition coefficient (Wildman–Crippen LogP) is 4.99. The summed E-state index contributed by atoms with van der Waals surface area (Å²) in [5, 5.41) is 5.19. The van der Waals surface area contributed by atoms with Gasteiger partial charge in [-0.05, 0) is 24.3 Å². The first-order valence-electron chi connectivity index (χ1n) is 6.51. The van der Waals surface area contributed by atoms with Crippen LogP contribution in [0.3, 0.4) is 0 Å². The number of nitrogens with one attached hydrogen (secondary N) is 1. The maximum Gasteiger partial charge on any atom is 0.275 e. The normalized spacial score (nSPS) is 10.6. The lowest BCUT2D eigenvalue weighted by molar-refractivity contribution is 0.102. The van der Waals surface area contributed by atoms with Crippen molar-refractivity contribution in [2.45, 2.75) is 0 Å². The van der Waals surface area contributed by atoms with Gasteiger partial charge in [0, 0.05) is 22.0 Å². The van der Waals surface area contributed by atoms with Crippen LogP contribution >= 0.6 is 22.9 Å². The van der Waals surface area contributed by atoms with E-state index >= 15 is 0 Å². The first kappa shape index (κ1) is 15.6. The Hall–Kier alpha value is -2.31. The first-order chi connectivity index (χ1) is 11.0. The van der Waals surface area contributed by atoms with Gasteiger partial charge in [-0.3, -0.25) is 4.79 Å². The molecule has 0 spiro atoms. The van der Waals surface area contributed by atoms with Gasteiger partial charge in [0.1, 0.15) is 22.3 Å². The van der Waals surface area contributed by atoms with Crippen LogP contribution in [-0.4, -0.2) is 10.9 Å². The Bertz CT molecular complexity index is 865. The van der Waals surface area contributed by atoms with Gasteiger partial charge in [0.05, 0.1) is 5.69 Å². The minimum Gasteiger partial charge on any atom is -0.318 e. The fourth-order valence-electron chi connectivity index (χ4n) is 1.88. The van der Waals surface area contributed by atoms with E-state index in [0.717, 1.165) is 17.7 Å². The summed E-state index contributed by atoms with van der Waals surface area (Å²) in [6.45, 7) is 0. The molecule has 1 aromatic heterocycles. The van der Waals surface area contributed by atoms with Gasteiger partial charge in [0.2, 0.25) is 0 Å². The van der Waals surface area contributed by atoms with E-state index in [4.69, 9.17) is 11.6 Å². The van der Waals surface area contributed by atoms with E-state index in [1.807, 2.05) is 0 Å². The highest BCUT2D eigenvalue weighted by atomic mass is 35.5. The Balaban J connectivity index is 1.79. The molecule has 1 amide bonds. The van der Waals surface area contributed by atoms with Crippen LogP contribution < -0.4 is 5.32 Å².